The van der Waals surface area contributed by atoms with Gasteiger partial charge in [0.2, 0.25) is 0 Å². The van der Waals surface area contributed by atoms with Crippen LogP contribution in [0.5, 0.6) is 0 Å². The molecule has 6 nitrogen and oxygen atoms in total. The van der Waals surface area contributed by atoms with Crippen LogP contribution in [0.3, 0.4) is 0 Å². The van der Waals surface area contributed by atoms with Crippen LogP contribution in [0.15, 0.2) is 60.7 Å². The monoisotopic (exact) mass is 614 g/mol. The van der Waals surface area contributed by atoms with E-state index in [0.717, 1.165) is 41.9 Å². The van der Waals surface area contributed by atoms with E-state index in [1.54, 1.807) is 38.1 Å². The van der Waals surface area contributed by atoms with Gasteiger partial charge in [0, 0.05) is 33.2 Å². The van der Waals surface area contributed by atoms with Crippen LogP contribution < -0.4 is 5.32 Å². The minimum Gasteiger partial charge on any atom is -0.469 e. The minimum absolute atomic E-state index is 0.209. The van der Waals surface area contributed by atoms with E-state index in [0.29, 0.717) is 43.9 Å². The molecule has 41 heavy (non-hydrogen) atoms. The molecule has 1 N–H and O–H groups in total. The van der Waals surface area contributed by atoms with Crippen LogP contribution in [-0.4, -0.2) is 23.5 Å². The Morgan fingerprint density at radius 3 is 2.46 bits per heavy atom. The van der Waals surface area contributed by atoms with Gasteiger partial charge in [-0.15, -0.1) is 0 Å². The Hall–Kier alpha value is -3.46. The molecule has 0 unspecified atom stereocenters. The van der Waals surface area contributed by atoms with Crippen molar-refractivity contribution in [3.05, 3.63) is 93.3 Å². The maximum Gasteiger partial charge on any atom is 0.412 e. The van der Waals surface area contributed by atoms with Gasteiger partial charge >= 0.3 is 12.1 Å². The molecule has 0 aliphatic heterocycles. The van der Waals surface area contributed by atoms with Crippen molar-refractivity contribution in [2.75, 3.05) is 12.4 Å². The third kappa shape index (κ3) is 7.64. The molecule has 0 radical (unpaired) electrons. The fraction of sp³-hybridized carbons (Fsp3) is 0.258. The molecule has 3 aromatic carbocycles. The van der Waals surface area contributed by atoms with Crippen LogP contribution in [-0.2, 0) is 20.7 Å². The zero-order chi connectivity index (χ0) is 29.5. The lowest BCUT2D eigenvalue weighted by molar-refractivity contribution is -0.140. The number of aryl methyl sites for hydroxylation is 2. The van der Waals surface area contributed by atoms with E-state index in [4.69, 9.17) is 27.9 Å². The molecule has 1 atom stereocenters. The average Bonchev–Trinajstić information content (AvgIpc) is 3.31. The number of carbonyl (C=O) groups excluding carboxylic acids is 2. The third-order valence-electron chi connectivity index (χ3n) is 6.61. The van der Waals surface area contributed by atoms with Crippen LogP contribution in [0.4, 0.5) is 14.9 Å². The van der Waals surface area contributed by atoms with Crippen molar-refractivity contribution >= 4 is 52.5 Å². The molecule has 0 bridgehead atoms. The van der Waals surface area contributed by atoms with Gasteiger partial charge in [0.05, 0.1) is 23.4 Å². The van der Waals surface area contributed by atoms with Gasteiger partial charge in [-0.1, -0.05) is 65.7 Å². The number of methoxy groups -OCH3 is 1. The number of carbonyl (C=O) groups is 2. The second kappa shape index (κ2) is 13.9. The summed E-state index contributed by atoms with van der Waals surface area (Å²) in [6.07, 6.45) is 1.51. The highest BCUT2D eigenvalue weighted by Gasteiger charge is 2.22. The maximum atomic E-state index is 15.5. The number of ether oxygens (including phenoxy) is 2. The predicted molar refractivity (Wildman–Crippen MR) is 162 cm³/mol. The van der Waals surface area contributed by atoms with Crippen molar-refractivity contribution in [2.45, 2.75) is 45.6 Å². The molecule has 0 fully saturated rings. The molecular formula is C31H29Cl2FN2O4S. The maximum absolute atomic E-state index is 15.5. The van der Waals surface area contributed by atoms with E-state index in [-0.39, 0.29) is 11.5 Å². The molecule has 0 aliphatic carbocycles. The molecular weight excluding hydrogens is 586 g/mol. The van der Waals surface area contributed by atoms with E-state index < -0.39 is 18.0 Å². The largest absolute Gasteiger partial charge is 0.469 e. The van der Waals surface area contributed by atoms with Crippen molar-refractivity contribution in [1.82, 2.24) is 4.37 Å². The van der Waals surface area contributed by atoms with E-state index in [9.17, 15) is 9.59 Å². The molecule has 10 heteroatoms. The molecule has 214 valence electrons. The summed E-state index contributed by atoms with van der Waals surface area (Å²) in [5.41, 5.74) is 4.20. The Kier molecular flexibility index (Phi) is 10.4. The van der Waals surface area contributed by atoms with E-state index in [2.05, 4.69) is 14.4 Å². The SMILES string of the molecule is COC(=O)CCCCc1ccc(-c2cc(F)c(-c3snc(C)c3NC(=O)O[C@H](C)c3ccccc3Cl)cc2Cl)cc1. The van der Waals surface area contributed by atoms with Gasteiger partial charge in [-0.3, -0.25) is 10.1 Å². The highest BCUT2D eigenvalue weighted by atomic mass is 35.5. The van der Waals surface area contributed by atoms with Crippen LogP contribution in [0.25, 0.3) is 21.6 Å². The first-order chi connectivity index (χ1) is 19.7. The molecule has 0 saturated heterocycles. The fourth-order valence-corrected chi connectivity index (χ4v) is 5.78. The van der Waals surface area contributed by atoms with Gasteiger partial charge in [-0.25, -0.2) is 9.18 Å². The molecule has 0 aliphatic rings. The van der Waals surface area contributed by atoms with Crippen LogP contribution in [0.2, 0.25) is 10.0 Å². The Bertz CT molecular complexity index is 1540. The number of hydrogen-bond acceptors (Lipinski definition) is 6. The van der Waals surface area contributed by atoms with Gasteiger partial charge in [0.15, 0.2) is 0 Å². The lowest BCUT2D eigenvalue weighted by atomic mass is 9.99. The van der Waals surface area contributed by atoms with Crippen LogP contribution in [0, 0.1) is 12.7 Å². The normalized spacial score (nSPS) is 11.7. The van der Waals surface area contributed by atoms with Crippen molar-refractivity contribution in [3.8, 4) is 21.6 Å². The smallest absolute Gasteiger partial charge is 0.412 e. The van der Waals surface area contributed by atoms with Crippen molar-refractivity contribution in [1.29, 1.82) is 0 Å². The lowest BCUT2D eigenvalue weighted by Gasteiger charge is -2.16. The topological polar surface area (TPSA) is 77.5 Å². The second-order valence-electron chi connectivity index (χ2n) is 9.46. The molecule has 4 rings (SSSR count). The predicted octanol–water partition coefficient (Wildman–Crippen LogP) is 9.43. The molecule has 1 aromatic heterocycles. The first kappa shape index (κ1) is 30.5. The van der Waals surface area contributed by atoms with Crippen LogP contribution >= 0.6 is 34.7 Å². The standard InChI is InChI=1S/C31H29Cl2FN2O4S/c1-18-29(35-31(38)40-19(2)22-9-5-6-10-25(22)32)30(41-36-18)24-16-26(33)23(17-27(24)34)21-14-12-20(13-15-21)8-4-7-11-28(37)39-3/h5-6,9-10,12-17,19H,4,7-8,11H2,1-3H3,(H,35,38)/t19-/m1/s1. The number of amides is 1. The lowest BCUT2D eigenvalue weighted by Crippen LogP contribution is -2.17. The van der Waals surface area contributed by atoms with E-state index in [1.807, 2.05) is 30.3 Å². The number of aromatic nitrogens is 1. The summed E-state index contributed by atoms with van der Waals surface area (Å²) < 4.78 is 30.0. The highest BCUT2D eigenvalue weighted by Crippen LogP contribution is 2.41. The summed E-state index contributed by atoms with van der Waals surface area (Å²) in [7, 11) is 1.39. The third-order valence-corrected chi connectivity index (χ3v) is 8.24. The van der Waals surface area contributed by atoms with Gasteiger partial charge in [0.1, 0.15) is 11.9 Å². The first-order valence-corrected chi connectivity index (χ1v) is 14.5. The Balaban J connectivity index is 1.48. The highest BCUT2D eigenvalue weighted by molar-refractivity contribution is 7.10. The fourth-order valence-electron chi connectivity index (χ4n) is 4.35. The number of nitrogens with zero attached hydrogens (tertiary/aromatic N) is 1. The van der Waals surface area contributed by atoms with Gasteiger partial charge in [0.25, 0.3) is 0 Å². The minimum atomic E-state index is -0.713. The number of halogens is 3. The summed E-state index contributed by atoms with van der Waals surface area (Å²) in [6.45, 7) is 3.44. The number of benzene rings is 3. The van der Waals surface area contributed by atoms with Gasteiger partial charge in [-0.2, -0.15) is 4.37 Å². The molecule has 4 aromatic rings. The van der Waals surface area contributed by atoms with Crippen LogP contribution in [0.1, 0.15) is 49.1 Å². The summed E-state index contributed by atoms with van der Waals surface area (Å²) in [6, 6.07) is 17.8. The number of rotatable bonds is 10. The summed E-state index contributed by atoms with van der Waals surface area (Å²) in [5, 5.41) is 3.57. The van der Waals surface area contributed by atoms with Gasteiger partial charge in [-0.05, 0) is 74.0 Å². The number of hydrogen-bond donors (Lipinski definition) is 1. The number of anilines is 1. The summed E-state index contributed by atoms with van der Waals surface area (Å²) in [4.78, 5) is 24.4. The van der Waals surface area contributed by atoms with Crippen molar-refractivity contribution < 1.29 is 23.5 Å². The Morgan fingerprint density at radius 2 is 1.76 bits per heavy atom. The Morgan fingerprint density at radius 1 is 1.02 bits per heavy atom. The second-order valence-corrected chi connectivity index (χ2v) is 11.0. The molecule has 0 saturated carbocycles. The number of unbranched alkanes of at least 4 members (excludes halogenated alkanes) is 1. The summed E-state index contributed by atoms with van der Waals surface area (Å²) >= 11 is 13.9. The zero-order valence-electron chi connectivity index (χ0n) is 22.8. The van der Waals surface area contributed by atoms with Gasteiger partial charge < -0.3 is 9.47 Å². The van der Waals surface area contributed by atoms with E-state index >= 15 is 4.39 Å². The van der Waals surface area contributed by atoms with E-state index in [1.165, 1.54) is 13.2 Å². The number of esters is 1. The quantitative estimate of drug-likeness (QED) is 0.142. The Labute approximate surface area is 252 Å². The zero-order valence-corrected chi connectivity index (χ0v) is 25.1. The molecule has 0 spiro atoms. The first-order valence-electron chi connectivity index (χ1n) is 13.0. The summed E-state index contributed by atoms with van der Waals surface area (Å²) in [5.74, 6) is -0.708. The average molecular weight is 616 g/mol. The molecule has 1 amide bonds. The molecule has 1 heterocycles. The van der Waals surface area contributed by atoms with Crippen molar-refractivity contribution in [3.63, 3.8) is 0 Å². The number of nitrogens with one attached hydrogen (secondary N) is 1. The van der Waals surface area contributed by atoms with Crippen molar-refractivity contribution in [2.24, 2.45) is 0 Å².